The summed E-state index contributed by atoms with van der Waals surface area (Å²) in [6.45, 7) is 5.28. The zero-order chi connectivity index (χ0) is 11.7. The first-order valence-electron chi connectivity index (χ1n) is 5.26. The maximum atomic E-state index is 11.4. The van der Waals surface area contributed by atoms with Crippen LogP contribution in [-0.2, 0) is 11.3 Å². The van der Waals surface area contributed by atoms with Gasteiger partial charge in [0.15, 0.2) is 0 Å². The maximum Gasteiger partial charge on any atom is 0.328 e. The Balaban J connectivity index is 4.07. The molecular formula is C9H19N2O3S-. The van der Waals surface area contributed by atoms with Gasteiger partial charge in [-0.1, -0.05) is 26.7 Å². The monoisotopic (exact) mass is 235 g/mol. The molecule has 0 aliphatic carbocycles. The molecule has 1 atom stereocenters. The number of hydrogen-bond donors (Lipinski definition) is 1. The van der Waals surface area contributed by atoms with Crippen molar-refractivity contribution in [2.24, 2.45) is 0 Å². The summed E-state index contributed by atoms with van der Waals surface area (Å²) in [5.74, 6) is 0. The van der Waals surface area contributed by atoms with E-state index < -0.39 is 17.3 Å². The molecule has 0 aromatic heterocycles. The van der Waals surface area contributed by atoms with Crippen LogP contribution in [-0.4, -0.2) is 32.8 Å². The average Bonchev–Trinajstić information content (AvgIpc) is 2.17. The molecule has 15 heavy (non-hydrogen) atoms. The fraction of sp³-hybridized carbons (Fsp3) is 0.889. The van der Waals surface area contributed by atoms with Crippen LogP contribution in [0.4, 0.5) is 4.79 Å². The first-order chi connectivity index (χ1) is 7.11. The number of rotatable bonds is 7. The number of unbranched alkanes of at least 4 members (excludes halogenated alkanes) is 2. The molecule has 0 aromatic carbocycles. The van der Waals surface area contributed by atoms with E-state index in [9.17, 15) is 13.6 Å². The second-order valence-corrected chi connectivity index (χ2v) is 4.01. The Morgan fingerprint density at radius 1 is 1.27 bits per heavy atom. The van der Waals surface area contributed by atoms with E-state index in [1.54, 1.807) is 4.90 Å². The number of carbonyl (C=O) groups excluding carboxylic acids is 1. The number of urea groups is 1. The van der Waals surface area contributed by atoms with Gasteiger partial charge < -0.3 is 9.45 Å². The zero-order valence-corrected chi connectivity index (χ0v) is 10.1. The molecule has 0 aromatic rings. The fourth-order valence-corrected chi connectivity index (χ4v) is 1.42. The molecule has 0 rings (SSSR count). The molecule has 1 unspecified atom stereocenters. The van der Waals surface area contributed by atoms with Gasteiger partial charge in [-0.2, -0.15) is 0 Å². The summed E-state index contributed by atoms with van der Waals surface area (Å²) in [5.41, 5.74) is 0. The Morgan fingerprint density at radius 2 is 1.73 bits per heavy atom. The zero-order valence-electron chi connectivity index (χ0n) is 9.32. The van der Waals surface area contributed by atoms with Crippen LogP contribution in [0.2, 0.25) is 0 Å². The van der Waals surface area contributed by atoms with Gasteiger partial charge in [0.1, 0.15) is 0 Å². The molecule has 0 aliphatic heterocycles. The lowest BCUT2D eigenvalue weighted by Gasteiger charge is -2.23. The predicted octanol–water partition coefficient (Wildman–Crippen LogP) is 1.39. The summed E-state index contributed by atoms with van der Waals surface area (Å²) in [6, 6.07) is -0.523. The van der Waals surface area contributed by atoms with Gasteiger partial charge in [-0.05, 0) is 12.8 Å². The van der Waals surface area contributed by atoms with E-state index in [-0.39, 0.29) is 0 Å². The molecule has 1 N–H and O–H groups in total. The molecular weight excluding hydrogens is 216 g/mol. The molecule has 0 saturated heterocycles. The van der Waals surface area contributed by atoms with Crippen LogP contribution in [0.1, 0.15) is 39.5 Å². The van der Waals surface area contributed by atoms with Crippen LogP contribution in [0, 0.1) is 0 Å². The number of nitrogens with one attached hydrogen (secondary N) is 1. The van der Waals surface area contributed by atoms with Crippen molar-refractivity contribution in [1.82, 2.24) is 9.62 Å². The van der Waals surface area contributed by atoms with Gasteiger partial charge in [0.25, 0.3) is 0 Å². The molecule has 2 amide bonds. The molecule has 5 nitrogen and oxygen atoms in total. The lowest BCUT2D eigenvalue weighted by molar-refractivity contribution is 0.201. The summed E-state index contributed by atoms with van der Waals surface area (Å²) in [7, 11) is 0. The summed E-state index contributed by atoms with van der Waals surface area (Å²) in [5, 5.41) is 0. The molecule has 6 heteroatoms. The van der Waals surface area contributed by atoms with Crippen LogP contribution in [0.3, 0.4) is 0 Å². The second-order valence-electron chi connectivity index (χ2n) is 3.34. The van der Waals surface area contributed by atoms with Crippen molar-refractivity contribution in [1.29, 1.82) is 0 Å². The summed E-state index contributed by atoms with van der Waals surface area (Å²) >= 11 is -2.52. The van der Waals surface area contributed by atoms with E-state index in [4.69, 9.17) is 0 Å². The van der Waals surface area contributed by atoms with Crippen molar-refractivity contribution in [2.45, 2.75) is 39.5 Å². The van der Waals surface area contributed by atoms with Gasteiger partial charge in [-0.15, -0.1) is 0 Å². The highest BCUT2D eigenvalue weighted by molar-refractivity contribution is 7.77. The third-order valence-corrected chi connectivity index (χ3v) is 2.36. The first-order valence-corrected chi connectivity index (χ1v) is 6.34. The van der Waals surface area contributed by atoms with Gasteiger partial charge in [0.05, 0.1) is 0 Å². The Morgan fingerprint density at radius 3 is 2.07 bits per heavy atom. The first kappa shape index (κ1) is 14.4. The molecule has 0 bridgehead atoms. The molecule has 0 saturated carbocycles. The second kappa shape index (κ2) is 8.67. The molecule has 90 valence electrons. The summed E-state index contributed by atoms with van der Waals surface area (Å²) in [4.78, 5) is 12.9. The molecule has 0 fully saturated rings. The van der Waals surface area contributed by atoms with Gasteiger partial charge in [0, 0.05) is 24.4 Å². The van der Waals surface area contributed by atoms with Crippen molar-refractivity contribution in [3.8, 4) is 0 Å². The van der Waals surface area contributed by atoms with Crippen LogP contribution < -0.4 is 4.72 Å². The smallest absolute Gasteiger partial charge is 0.328 e. The van der Waals surface area contributed by atoms with Gasteiger partial charge in [-0.3, -0.25) is 8.93 Å². The molecule has 0 heterocycles. The normalized spacial score (nSPS) is 12.2. The summed E-state index contributed by atoms with van der Waals surface area (Å²) in [6.07, 6.45) is 3.75. The maximum absolute atomic E-state index is 11.4. The Bertz CT molecular complexity index is 204. The van der Waals surface area contributed by atoms with E-state index in [0.717, 1.165) is 25.7 Å². The lowest BCUT2D eigenvalue weighted by atomic mass is 10.3. The topological polar surface area (TPSA) is 72.5 Å². The van der Waals surface area contributed by atoms with Crippen LogP contribution in [0.5, 0.6) is 0 Å². The standard InChI is InChI=1S/C9H20N2O3S/c1-3-5-7-11(8-6-4-2)9(12)10-15(13)14/h3-8H2,1-2H3,(H,10,12)(H,13,14)/p-1. The number of hydrogen-bond acceptors (Lipinski definition) is 3. The SMILES string of the molecule is CCCCN(CCCC)C(=O)NS(=O)[O-]. The van der Waals surface area contributed by atoms with Gasteiger partial charge in [-0.25, -0.2) is 4.79 Å². The quantitative estimate of drug-likeness (QED) is 0.678. The predicted molar refractivity (Wildman–Crippen MR) is 58.8 cm³/mol. The third kappa shape index (κ3) is 7.33. The third-order valence-electron chi connectivity index (χ3n) is 2.02. The van der Waals surface area contributed by atoms with Crippen molar-refractivity contribution < 1.29 is 13.6 Å². The van der Waals surface area contributed by atoms with Crippen molar-refractivity contribution in [3.63, 3.8) is 0 Å². The highest BCUT2D eigenvalue weighted by Crippen LogP contribution is 1.99. The number of amides is 2. The minimum atomic E-state index is -2.52. The van der Waals surface area contributed by atoms with E-state index in [0.29, 0.717) is 13.1 Å². The Labute approximate surface area is 93.6 Å². The van der Waals surface area contributed by atoms with Crippen molar-refractivity contribution >= 4 is 17.3 Å². The lowest BCUT2D eigenvalue weighted by Crippen LogP contribution is -2.41. The average molecular weight is 235 g/mol. The van der Waals surface area contributed by atoms with E-state index in [2.05, 4.69) is 0 Å². The minimum absolute atomic E-state index is 0.523. The van der Waals surface area contributed by atoms with Crippen LogP contribution >= 0.6 is 0 Å². The van der Waals surface area contributed by atoms with Gasteiger partial charge >= 0.3 is 6.03 Å². The minimum Gasteiger partial charge on any atom is -0.755 e. The van der Waals surface area contributed by atoms with Crippen LogP contribution in [0.15, 0.2) is 0 Å². The van der Waals surface area contributed by atoms with E-state index in [1.807, 2.05) is 18.6 Å². The Hall–Kier alpha value is -0.620. The highest BCUT2D eigenvalue weighted by atomic mass is 32.2. The van der Waals surface area contributed by atoms with Crippen molar-refractivity contribution in [3.05, 3.63) is 0 Å². The molecule has 0 aliphatic rings. The largest absolute Gasteiger partial charge is 0.755 e. The highest BCUT2D eigenvalue weighted by Gasteiger charge is 2.11. The fourth-order valence-electron chi connectivity index (χ4n) is 1.15. The van der Waals surface area contributed by atoms with E-state index >= 15 is 0 Å². The summed E-state index contributed by atoms with van der Waals surface area (Å²) < 4.78 is 22.5. The van der Waals surface area contributed by atoms with E-state index in [1.165, 1.54) is 0 Å². The van der Waals surface area contributed by atoms with Gasteiger partial charge in [0.2, 0.25) is 0 Å². The molecule has 0 spiro atoms. The van der Waals surface area contributed by atoms with Crippen LogP contribution in [0.25, 0.3) is 0 Å². The number of carbonyl (C=O) groups is 1. The molecule has 0 radical (unpaired) electrons. The number of nitrogens with zero attached hydrogens (tertiary/aromatic N) is 1. The Kier molecular flexibility index (Phi) is 8.31. The van der Waals surface area contributed by atoms with Crippen molar-refractivity contribution in [2.75, 3.05) is 13.1 Å².